The maximum Gasteiger partial charge on any atom is 0.242 e. The van der Waals surface area contributed by atoms with Gasteiger partial charge in [0.05, 0.1) is 6.04 Å². The van der Waals surface area contributed by atoms with Gasteiger partial charge in [0.25, 0.3) is 0 Å². The highest BCUT2D eigenvalue weighted by atomic mass is 16.2. The summed E-state index contributed by atoms with van der Waals surface area (Å²) < 4.78 is 0. The Morgan fingerprint density at radius 3 is 2.52 bits per heavy atom. The third kappa shape index (κ3) is 7.07. The molecule has 27 heavy (non-hydrogen) atoms. The number of nitrogens with zero attached hydrogens (tertiary/aromatic N) is 1. The number of aromatic nitrogens is 1. The monoisotopic (exact) mass is 369 g/mol. The molecule has 0 aliphatic carbocycles. The first-order chi connectivity index (χ1) is 13.0. The van der Waals surface area contributed by atoms with E-state index in [2.05, 4.69) is 15.6 Å². The summed E-state index contributed by atoms with van der Waals surface area (Å²) in [6, 6.07) is 12.2. The number of carbonyl (C=O) groups excluding carboxylic acids is 2. The molecule has 2 aromatic rings. The highest BCUT2D eigenvalue weighted by Crippen LogP contribution is 2.05. The molecule has 2 unspecified atom stereocenters. The van der Waals surface area contributed by atoms with Crippen molar-refractivity contribution in [2.75, 3.05) is 12.3 Å². The molecule has 0 bridgehead atoms. The second-order valence-electron chi connectivity index (χ2n) is 6.49. The Kier molecular flexibility index (Phi) is 7.76. The van der Waals surface area contributed by atoms with Crippen molar-refractivity contribution in [2.45, 2.75) is 38.3 Å². The molecule has 2 rings (SSSR count). The molecule has 0 saturated carbocycles. The fourth-order valence-corrected chi connectivity index (χ4v) is 2.62. The number of pyridine rings is 1. The third-order valence-corrected chi connectivity index (χ3v) is 4.23. The molecule has 1 aromatic heterocycles. The number of amides is 2. The van der Waals surface area contributed by atoms with Crippen molar-refractivity contribution in [2.24, 2.45) is 5.73 Å². The molecule has 7 heteroatoms. The molecule has 6 N–H and O–H groups in total. The minimum atomic E-state index is -0.653. The number of hydrogen-bond acceptors (Lipinski definition) is 5. The van der Waals surface area contributed by atoms with Crippen LogP contribution >= 0.6 is 0 Å². The van der Waals surface area contributed by atoms with Crippen LogP contribution in [0.15, 0.2) is 48.7 Å². The summed E-state index contributed by atoms with van der Waals surface area (Å²) in [5.41, 5.74) is 13.7. The van der Waals surface area contributed by atoms with Gasteiger partial charge >= 0.3 is 0 Å². The van der Waals surface area contributed by atoms with E-state index < -0.39 is 12.1 Å². The number of rotatable bonds is 9. The van der Waals surface area contributed by atoms with Gasteiger partial charge in [0.2, 0.25) is 11.8 Å². The molecule has 2 atom stereocenters. The second kappa shape index (κ2) is 10.3. The SMILES string of the molecule is CC(NC(=O)C(N)CCc1ccccc1)C(=O)NCCc1ccnc(N)c1. The topological polar surface area (TPSA) is 123 Å². The van der Waals surface area contributed by atoms with Crippen LogP contribution < -0.4 is 22.1 Å². The molecule has 0 spiro atoms. The van der Waals surface area contributed by atoms with Crippen molar-refractivity contribution in [1.82, 2.24) is 15.6 Å². The fraction of sp³-hybridized carbons (Fsp3) is 0.350. The smallest absolute Gasteiger partial charge is 0.242 e. The van der Waals surface area contributed by atoms with Gasteiger partial charge in [-0.25, -0.2) is 4.98 Å². The predicted octanol–water partition coefficient (Wildman–Crippen LogP) is 0.787. The molecule has 0 saturated heterocycles. The van der Waals surface area contributed by atoms with Crippen LogP contribution in [-0.4, -0.2) is 35.4 Å². The number of hydrogen-bond donors (Lipinski definition) is 4. The van der Waals surface area contributed by atoms with Gasteiger partial charge in [-0.2, -0.15) is 0 Å². The molecule has 1 aromatic carbocycles. The van der Waals surface area contributed by atoms with Gasteiger partial charge in [-0.05, 0) is 49.4 Å². The Bertz CT molecular complexity index is 751. The number of nitrogens with two attached hydrogens (primary N) is 2. The van der Waals surface area contributed by atoms with Crippen LogP contribution in [0.25, 0.3) is 0 Å². The van der Waals surface area contributed by atoms with Crippen molar-refractivity contribution in [3.63, 3.8) is 0 Å². The molecule has 0 fully saturated rings. The first kappa shape index (κ1) is 20.4. The maximum atomic E-state index is 12.2. The number of benzene rings is 1. The lowest BCUT2D eigenvalue weighted by molar-refractivity contribution is -0.129. The van der Waals surface area contributed by atoms with Crippen molar-refractivity contribution in [3.05, 3.63) is 59.8 Å². The standard InChI is InChI=1S/C20H27N5O2/c1-14(19(26)24-12-10-16-9-11-23-18(22)13-16)25-20(27)17(21)8-7-15-5-3-2-4-6-15/h2-6,9,11,13-14,17H,7-8,10,12,21H2,1H3,(H2,22,23)(H,24,26)(H,25,27). The Hall–Kier alpha value is -2.93. The summed E-state index contributed by atoms with van der Waals surface area (Å²) in [5, 5.41) is 5.46. The lowest BCUT2D eigenvalue weighted by Gasteiger charge is -2.17. The van der Waals surface area contributed by atoms with Crippen molar-refractivity contribution in [3.8, 4) is 0 Å². The Morgan fingerprint density at radius 1 is 1.07 bits per heavy atom. The number of nitrogens with one attached hydrogen (secondary N) is 2. The van der Waals surface area contributed by atoms with Gasteiger partial charge in [0.15, 0.2) is 0 Å². The largest absolute Gasteiger partial charge is 0.384 e. The summed E-state index contributed by atoms with van der Waals surface area (Å²) >= 11 is 0. The molecule has 0 aliphatic rings. The number of nitrogen functional groups attached to an aromatic ring is 1. The fourth-order valence-electron chi connectivity index (χ4n) is 2.62. The number of aryl methyl sites for hydroxylation is 1. The van der Waals surface area contributed by atoms with E-state index in [1.807, 2.05) is 36.4 Å². The van der Waals surface area contributed by atoms with Crippen molar-refractivity contribution < 1.29 is 9.59 Å². The van der Waals surface area contributed by atoms with Gasteiger partial charge in [0, 0.05) is 12.7 Å². The van der Waals surface area contributed by atoms with E-state index in [0.29, 0.717) is 31.6 Å². The number of anilines is 1. The normalized spacial score (nSPS) is 12.8. The van der Waals surface area contributed by atoms with E-state index >= 15 is 0 Å². The van der Waals surface area contributed by atoms with Crippen LogP contribution in [0.5, 0.6) is 0 Å². The quantitative estimate of drug-likeness (QED) is 0.520. The minimum absolute atomic E-state index is 0.249. The molecule has 1 heterocycles. The summed E-state index contributed by atoms with van der Waals surface area (Å²) in [4.78, 5) is 28.2. The summed E-state index contributed by atoms with van der Waals surface area (Å²) in [5.74, 6) is -0.125. The van der Waals surface area contributed by atoms with Gasteiger partial charge in [-0.3, -0.25) is 9.59 Å². The second-order valence-corrected chi connectivity index (χ2v) is 6.49. The van der Waals surface area contributed by atoms with E-state index in [0.717, 1.165) is 11.1 Å². The zero-order chi connectivity index (χ0) is 19.6. The van der Waals surface area contributed by atoms with Crippen LogP contribution in [-0.2, 0) is 22.4 Å². The highest BCUT2D eigenvalue weighted by molar-refractivity contribution is 5.89. The lowest BCUT2D eigenvalue weighted by atomic mass is 10.1. The van der Waals surface area contributed by atoms with E-state index in [1.165, 1.54) is 0 Å². The maximum absolute atomic E-state index is 12.2. The van der Waals surface area contributed by atoms with Crippen molar-refractivity contribution >= 4 is 17.6 Å². The lowest BCUT2D eigenvalue weighted by Crippen LogP contribution is -2.50. The summed E-state index contributed by atoms with van der Waals surface area (Å²) in [7, 11) is 0. The van der Waals surface area contributed by atoms with Crippen LogP contribution in [0.3, 0.4) is 0 Å². The minimum Gasteiger partial charge on any atom is -0.384 e. The molecule has 2 amide bonds. The van der Waals surface area contributed by atoms with Crippen molar-refractivity contribution in [1.29, 1.82) is 0 Å². The van der Waals surface area contributed by atoms with Crippen LogP contribution in [0.4, 0.5) is 5.82 Å². The molecule has 144 valence electrons. The van der Waals surface area contributed by atoms with Gasteiger partial charge in [0.1, 0.15) is 11.9 Å². The zero-order valence-electron chi connectivity index (χ0n) is 15.5. The van der Waals surface area contributed by atoms with E-state index in [9.17, 15) is 9.59 Å². The average Bonchev–Trinajstić information content (AvgIpc) is 2.66. The Balaban J connectivity index is 1.70. The molecular weight excluding hydrogens is 342 g/mol. The predicted molar refractivity (Wildman–Crippen MR) is 106 cm³/mol. The molecule has 7 nitrogen and oxygen atoms in total. The van der Waals surface area contributed by atoms with Gasteiger partial charge in [-0.1, -0.05) is 30.3 Å². The van der Waals surface area contributed by atoms with Crippen LogP contribution in [0.1, 0.15) is 24.5 Å². The molecule has 0 aliphatic heterocycles. The van der Waals surface area contributed by atoms with Gasteiger partial charge in [-0.15, -0.1) is 0 Å². The average molecular weight is 369 g/mol. The van der Waals surface area contributed by atoms with Crippen LogP contribution in [0.2, 0.25) is 0 Å². The first-order valence-corrected chi connectivity index (χ1v) is 9.03. The molecular formula is C20H27N5O2. The number of carbonyl (C=O) groups is 2. The van der Waals surface area contributed by atoms with E-state index in [1.54, 1.807) is 19.2 Å². The Labute approximate surface area is 159 Å². The van der Waals surface area contributed by atoms with E-state index in [4.69, 9.17) is 11.5 Å². The highest BCUT2D eigenvalue weighted by Gasteiger charge is 2.19. The summed E-state index contributed by atoms with van der Waals surface area (Å²) in [6.07, 6.45) is 3.50. The Morgan fingerprint density at radius 2 is 1.81 bits per heavy atom. The molecule has 0 radical (unpaired) electrons. The van der Waals surface area contributed by atoms with E-state index in [-0.39, 0.29) is 11.8 Å². The third-order valence-electron chi connectivity index (χ3n) is 4.23. The van der Waals surface area contributed by atoms with Gasteiger partial charge < -0.3 is 22.1 Å². The summed E-state index contributed by atoms with van der Waals surface area (Å²) in [6.45, 7) is 2.09. The first-order valence-electron chi connectivity index (χ1n) is 9.03. The van der Waals surface area contributed by atoms with Crippen LogP contribution in [0, 0.1) is 0 Å². The zero-order valence-corrected chi connectivity index (χ0v) is 15.5.